The fourth-order valence-electron chi connectivity index (χ4n) is 2.51. The number of carboxylic acid groups (broad SMARTS) is 1. The van der Waals surface area contributed by atoms with E-state index in [2.05, 4.69) is 0 Å². The second-order valence-corrected chi connectivity index (χ2v) is 5.56. The Morgan fingerprint density at radius 2 is 2.06 bits per heavy atom. The maximum absolute atomic E-state index is 11.1. The first kappa shape index (κ1) is 13.3. The third kappa shape index (κ3) is 2.47. The third-order valence-electron chi connectivity index (χ3n) is 3.32. The van der Waals surface area contributed by atoms with Gasteiger partial charge in [0.1, 0.15) is 0 Å². The zero-order valence-corrected chi connectivity index (χ0v) is 10.2. The lowest BCUT2D eigenvalue weighted by molar-refractivity contribution is -0.0601. The Kier molecular flexibility index (Phi) is 3.80. The Hall–Kier alpha value is -0.810. The maximum Gasteiger partial charge on any atom is 0.407 e. The maximum atomic E-state index is 11.1. The van der Waals surface area contributed by atoms with Gasteiger partial charge in [-0.3, -0.25) is 0 Å². The summed E-state index contributed by atoms with van der Waals surface area (Å²) in [4.78, 5) is 12.5. The summed E-state index contributed by atoms with van der Waals surface area (Å²) in [5.74, 6) is -0.000162. The van der Waals surface area contributed by atoms with E-state index in [-0.39, 0.29) is 17.4 Å². The molecule has 0 aromatic carbocycles. The van der Waals surface area contributed by atoms with E-state index in [4.69, 9.17) is 10.8 Å². The van der Waals surface area contributed by atoms with Gasteiger partial charge in [-0.1, -0.05) is 20.8 Å². The van der Waals surface area contributed by atoms with Crippen molar-refractivity contribution in [1.82, 2.24) is 4.90 Å². The van der Waals surface area contributed by atoms with Crippen LogP contribution in [0.25, 0.3) is 0 Å². The van der Waals surface area contributed by atoms with Crippen molar-refractivity contribution in [2.75, 3.05) is 13.1 Å². The van der Waals surface area contributed by atoms with Gasteiger partial charge < -0.3 is 20.8 Å². The van der Waals surface area contributed by atoms with Gasteiger partial charge in [0, 0.05) is 12.5 Å². The number of hydrogen-bond acceptors (Lipinski definition) is 3. The Bertz CT molecular complexity index is 262. The molecule has 0 aromatic rings. The Morgan fingerprint density at radius 1 is 1.50 bits per heavy atom. The molecule has 0 aliphatic carbocycles. The van der Waals surface area contributed by atoms with Crippen LogP contribution in [0.3, 0.4) is 0 Å². The molecular formula is C11H22N2O3. The van der Waals surface area contributed by atoms with Crippen LogP contribution >= 0.6 is 0 Å². The predicted octanol–water partition coefficient (Wildman–Crippen LogP) is 0.721. The summed E-state index contributed by atoms with van der Waals surface area (Å²) in [5.41, 5.74) is 5.31. The first-order valence-electron chi connectivity index (χ1n) is 5.66. The summed E-state index contributed by atoms with van der Waals surface area (Å²) in [6, 6.07) is -0.382. The first-order chi connectivity index (χ1) is 7.29. The molecule has 1 unspecified atom stereocenters. The van der Waals surface area contributed by atoms with E-state index in [0.717, 1.165) is 0 Å². The van der Waals surface area contributed by atoms with Crippen LogP contribution in [-0.4, -0.2) is 46.4 Å². The first-order valence-corrected chi connectivity index (χ1v) is 5.66. The van der Waals surface area contributed by atoms with Crippen LogP contribution in [0.2, 0.25) is 0 Å². The molecule has 0 saturated carbocycles. The minimum Gasteiger partial charge on any atom is -0.465 e. The number of amides is 1. The molecule has 94 valence electrons. The van der Waals surface area contributed by atoms with E-state index in [1.54, 1.807) is 0 Å². The molecule has 0 radical (unpaired) electrons. The van der Waals surface area contributed by atoms with Crippen LogP contribution in [0.4, 0.5) is 4.79 Å². The topological polar surface area (TPSA) is 86.8 Å². The number of rotatable bonds is 1. The number of hydrogen-bond donors (Lipinski definition) is 3. The molecule has 1 rings (SSSR count). The van der Waals surface area contributed by atoms with E-state index in [1.165, 1.54) is 4.90 Å². The average molecular weight is 230 g/mol. The molecule has 1 fully saturated rings. The monoisotopic (exact) mass is 230 g/mol. The normalized spacial score (nSPS) is 31.6. The van der Waals surface area contributed by atoms with Crippen LogP contribution in [0.5, 0.6) is 0 Å². The van der Waals surface area contributed by atoms with Gasteiger partial charge in [0.05, 0.1) is 12.1 Å². The minimum atomic E-state index is -0.963. The highest BCUT2D eigenvalue weighted by molar-refractivity contribution is 5.65. The average Bonchev–Trinajstić information content (AvgIpc) is 2.14. The quantitative estimate of drug-likeness (QED) is 0.619. The number of likely N-dealkylation sites (tertiary alicyclic amines) is 1. The number of piperidine rings is 1. The van der Waals surface area contributed by atoms with E-state index >= 15 is 0 Å². The second kappa shape index (κ2) is 4.59. The summed E-state index contributed by atoms with van der Waals surface area (Å²) in [6.45, 7) is 6.68. The number of nitrogens with two attached hydrogens (primary N) is 1. The van der Waals surface area contributed by atoms with Crippen molar-refractivity contribution in [1.29, 1.82) is 0 Å². The largest absolute Gasteiger partial charge is 0.465 e. The van der Waals surface area contributed by atoms with Crippen LogP contribution in [0.1, 0.15) is 27.2 Å². The summed E-state index contributed by atoms with van der Waals surface area (Å²) in [5, 5.41) is 19.3. The van der Waals surface area contributed by atoms with Crippen molar-refractivity contribution < 1.29 is 15.0 Å². The summed E-state index contributed by atoms with van der Waals surface area (Å²) < 4.78 is 0. The van der Waals surface area contributed by atoms with Gasteiger partial charge in [0.25, 0.3) is 0 Å². The van der Waals surface area contributed by atoms with E-state index in [0.29, 0.717) is 19.5 Å². The fraction of sp³-hybridized carbons (Fsp3) is 0.909. The van der Waals surface area contributed by atoms with Gasteiger partial charge >= 0.3 is 6.09 Å². The van der Waals surface area contributed by atoms with Gasteiger partial charge in [0.15, 0.2) is 0 Å². The van der Waals surface area contributed by atoms with E-state index in [9.17, 15) is 9.90 Å². The van der Waals surface area contributed by atoms with Crippen molar-refractivity contribution in [3.05, 3.63) is 0 Å². The molecule has 1 amide bonds. The fourth-order valence-corrected chi connectivity index (χ4v) is 2.51. The smallest absolute Gasteiger partial charge is 0.407 e. The minimum absolute atomic E-state index is 0.000162. The molecular weight excluding hydrogens is 208 g/mol. The lowest BCUT2D eigenvalue weighted by Crippen LogP contribution is -2.60. The Balaban J connectivity index is 2.95. The van der Waals surface area contributed by atoms with Crippen molar-refractivity contribution in [2.24, 2.45) is 17.1 Å². The standard InChI is InChI=1S/C11H22N2O3/c1-11(2,3)9-8(14)7(6-12)4-5-13(9)10(15)16/h7-9,14H,4-6,12H2,1-3H3,(H,15,16)/t7-,8+,9?/m0/s1. The zero-order chi connectivity index (χ0) is 12.5. The molecule has 1 aliphatic rings. The van der Waals surface area contributed by atoms with Crippen LogP contribution < -0.4 is 5.73 Å². The van der Waals surface area contributed by atoms with Gasteiger partial charge in [-0.15, -0.1) is 0 Å². The zero-order valence-electron chi connectivity index (χ0n) is 10.2. The highest BCUT2D eigenvalue weighted by atomic mass is 16.4. The third-order valence-corrected chi connectivity index (χ3v) is 3.32. The van der Waals surface area contributed by atoms with Gasteiger partial charge in [-0.2, -0.15) is 0 Å². The summed E-state index contributed by atoms with van der Waals surface area (Å²) >= 11 is 0. The molecule has 5 heteroatoms. The molecule has 16 heavy (non-hydrogen) atoms. The molecule has 5 nitrogen and oxygen atoms in total. The van der Waals surface area contributed by atoms with E-state index < -0.39 is 12.2 Å². The van der Waals surface area contributed by atoms with Crippen molar-refractivity contribution in [3.8, 4) is 0 Å². The lowest BCUT2D eigenvalue weighted by Gasteiger charge is -2.47. The number of aliphatic hydroxyl groups excluding tert-OH is 1. The molecule has 0 aromatic heterocycles. The van der Waals surface area contributed by atoms with Gasteiger partial charge in [-0.25, -0.2) is 4.79 Å². The SMILES string of the molecule is CC(C)(C)C1[C@H](O)[C@H](CN)CCN1C(=O)O. The number of aliphatic hydroxyl groups is 1. The highest BCUT2D eigenvalue weighted by Gasteiger charge is 2.44. The Morgan fingerprint density at radius 3 is 2.44 bits per heavy atom. The predicted molar refractivity (Wildman–Crippen MR) is 61.1 cm³/mol. The molecule has 1 heterocycles. The van der Waals surface area contributed by atoms with Crippen molar-refractivity contribution in [2.45, 2.75) is 39.3 Å². The molecule has 1 saturated heterocycles. The number of nitrogens with zero attached hydrogens (tertiary/aromatic N) is 1. The Labute approximate surface area is 96.2 Å². The second-order valence-electron chi connectivity index (χ2n) is 5.56. The van der Waals surface area contributed by atoms with Gasteiger partial charge in [0.2, 0.25) is 0 Å². The van der Waals surface area contributed by atoms with Gasteiger partial charge in [-0.05, 0) is 18.4 Å². The molecule has 0 bridgehead atoms. The molecule has 4 N–H and O–H groups in total. The number of carbonyl (C=O) groups is 1. The van der Waals surface area contributed by atoms with Crippen molar-refractivity contribution >= 4 is 6.09 Å². The summed E-state index contributed by atoms with van der Waals surface area (Å²) in [7, 11) is 0. The van der Waals surface area contributed by atoms with Crippen LogP contribution in [0.15, 0.2) is 0 Å². The molecule has 1 aliphatic heterocycles. The van der Waals surface area contributed by atoms with Crippen LogP contribution in [0, 0.1) is 11.3 Å². The van der Waals surface area contributed by atoms with Crippen molar-refractivity contribution in [3.63, 3.8) is 0 Å². The van der Waals surface area contributed by atoms with Crippen LogP contribution in [-0.2, 0) is 0 Å². The molecule has 0 spiro atoms. The highest BCUT2D eigenvalue weighted by Crippen LogP contribution is 2.34. The summed E-state index contributed by atoms with van der Waals surface area (Å²) in [6.07, 6.45) is -0.999. The lowest BCUT2D eigenvalue weighted by atomic mass is 9.75. The van der Waals surface area contributed by atoms with E-state index in [1.807, 2.05) is 20.8 Å². The molecule has 3 atom stereocenters.